The molecule has 0 atom stereocenters. The molecule has 142 valence electrons. The zero-order valence-electron chi connectivity index (χ0n) is 15.7. The average molecular weight is 376 g/mol. The van der Waals surface area contributed by atoms with Crippen molar-refractivity contribution in [3.8, 4) is 17.1 Å². The molecule has 0 radical (unpaired) electrons. The average Bonchev–Trinajstić information content (AvgIpc) is 2.67. The maximum Gasteiger partial charge on any atom is 0.318 e. The topological polar surface area (TPSA) is 93.1 Å². The summed E-state index contributed by atoms with van der Waals surface area (Å²) in [4.78, 5) is 31.5. The minimum Gasteiger partial charge on any atom is -0.467 e. The summed E-state index contributed by atoms with van der Waals surface area (Å²) in [7, 11) is 1.52. The summed E-state index contributed by atoms with van der Waals surface area (Å²) in [6.45, 7) is 3.49. The van der Waals surface area contributed by atoms with Crippen LogP contribution < -0.4 is 10.1 Å². The molecule has 0 aromatic carbocycles. The summed E-state index contributed by atoms with van der Waals surface area (Å²) in [5.41, 5.74) is 3.15. The summed E-state index contributed by atoms with van der Waals surface area (Å²) in [5.74, 6) is 1.24. The highest BCUT2D eigenvalue weighted by molar-refractivity contribution is 5.96. The van der Waals surface area contributed by atoms with E-state index in [-0.39, 0.29) is 11.9 Å². The van der Waals surface area contributed by atoms with E-state index in [0.29, 0.717) is 17.2 Å². The van der Waals surface area contributed by atoms with Crippen molar-refractivity contribution in [1.82, 2.24) is 24.8 Å². The van der Waals surface area contributed by atoms with E-state index >= 15 is 0 Å². The largest absolute Gasteiger partial charge is 0.467 e. The Morgan fingerprint density at radius 1 is 1.07 bits per heavy atom. The summed E-state index contributed by atoms with van der Waals surface area (Å²) < 4.78 is 5.04. The van der Waals surface area contributed by atoms with Crippen molar-refractivity contribution in [1.29, 1.82) is 0 Å². The standard InChI is InChI=1S/C20H20N6O2/c1-13-16(19(27)26-8-3-9-26)10-15(12-23-13)14-4-6-21-18(11-14)24-17-5-7-22-20(25-17)28-2/h4-7,10-12H,3,8-9H2,1-2H3,(H,21,22,24,25). The quantitative estimate of drug-likeness (QED) is 0.732. The molecule has 0 unspecified atom stereocenters. The molecular weight excluding hydrogens is 356 g/mol. The van der Waals surface area contributed by atoms with Crippen LogP contribution in [0.1, 0.15) is 22.5 Å². The zero-order chi connectivity index (χ0) is 19.5. The fourth-order valence-electron chi connectivity index (χ4n) is 2.92. The second kappa shape index (κ2) is 7.59. The summed E-state index contributed by atoms with van der Waals surface area (Å²) in [5, 5.41) is 3.14. The lowest BCUT2D eigenvalue weighted by atomic mass is 10.0. The Hall–Kier alpha value is -3.55. The number of methoxy groups -OCH3 is 1. The van der Waals surface area contributed by atoms with Gasteiger partial charge in [0.2, 0.25) is 0 Å². The number of anilines is 2. The maximum atomic E-state index is 12.6. The van der Waals surface area contributed by atoms with Crippen molar-refractivity contribution in [3.63, 3.8) is 0 Å². The number of hydrogen-bond acceptors (Lipinski definition) is 7. The van der Waals surface area contributed by atoms with Gasteiger partial charge in [-0.3, -0.25) is 9.78 Å². The van der Waals surface area contributed by atoms with E-state index in [1.54, 1.807) is 24.7 Å². The van der Waals surface area contributed by atoms with Gasteiger partial charge in [-0.05, 0) is 43.2 Å². The number of nitrogens with one attached hydrogen (secondary N) is 1. The Balaban J connectivity index is 1.61. The molecule has 0 bridgehead atoms. The van der Waals surface area contributed by atoms with E-state index in [1.165, 1.54) is 7.11 Å². The van der Waals surface area contributed by atoms with E-state index in [4.69, 9.17) is 4.74 Å². The highest BCUT2D eigenvalue weighted by Gasteiger charge is 2.23. The molecule has 8 nitrogen and oxygen atoms in total. The number of carbonyl (C=O) groups is 1. The molecule has 28 heavy (non-hydrogen) atoms. The first-order chi connectivity index (χ1) is 13.6. The Labute approximate surface area is 162 Å². The van der Waals surface area contributed by atoms with Crippen LogP contribution in [0.2, 0.25) is 0 Å². The van der Waals surface area contributed by atoms with Crippen molar-refractivity contribution in [3.05, 3.63) is 54.1 Å². The van der Waals surface area contributed by atoms with Gasteiger partial charge >= 0.3 is 6.01 Å². The SMILES string of the molecule is COc1nccc(Nc2cc(-c3cnc(C)c(C(=O)N4CCC4)c3)ccn2)n1. The number of pyridine rings is 2. The Bertz CT molecular complexity index is 1020. The molecule has 0 saturated carbocycles. The second-order valence-electron chi connectivity index (χ2n) is 6.49. The molecular formula is C20H20N6O2. The minimum absolute atomic E-state index is 0.0404. The van der Waals surface area contributed by atoms with Crippen molar-refractivity contribution < 1.29 is 9.53 Å². The van der Waals surface area contributed by atoms with Gasteiger partial charge in [0, 0.05) is 37.2 Å². The molecule has 0 spiro atoms. The van der Waals surface area contributed by atoms with E-state index in [1.807, 2.05) is 30.0 Å². The summed E-state index contributed by atoms with van der Waals surface area (Å²) >= 11 is 0. The number of carbonyl (C=O) groups excluding carboxylic acids is 1. The Kier molecular flexibility index (Phi) is 4.84. The van der Waals surface area contributed by atoms with Crippen molar-refractivity contribution in [2.45, 2.75) is 13.3 Å². The van der Waals surface area contributed by atoms with Gasteiger partial charge in [0.15, 0.2) is 0 Å². The third-order valence-electron chi connectivity index (χ3n) is 4.63. The number of likely N-dealkylation sites (tertiary alicyclic amines) is 1. The molecule has 3 aromatic heterocycles. The van der Waals surface area contributed by atoms with Crippen LogP contribution in [0.3, 0.4) is 0 Å². The van der Waals surface area contributed by atoms with Gasteiger partial charge in [-0.25, -0.2) is 9.97 Å². The van der Waals surface area contributed by atoms with Crippen LogP contribution in [0.4, 0.5) is 11.6 Å². The van der Waals surface area contributed by atoms with Gasteiger partial charge in [-0.15, -0.1) is 0 Å². The van der Waals surface area contributed by atoms with Crippen LogP contribution in [0.5, 0.6) is 6.01 Å². The van der Waals surface area contributed by atoms with Crippen molar-refractivity contribution in [2.75, 3.05) is 25.5 Å². The van der Waals surface area contributed by atoms with Gasteiger partial charge in [-0.1, -0.05) is 0 Å². The highest BCUT2D eigenvalue weighted by Crippen LogP contribution is 2.25. The number of hydrogen-bond donors (Lipinski definition) is 1. The fourth-order valence-corrected chi connectivity index (χ4v) is 2.92. The Morgan fingerprint density at radius 3 is 2.64 bits per heavy atom. The number of rotatable bonds is 5. The van der Waals surface area contributed by atoms with Gasteiger partial charge in [-0.2, -0.15) is 4.98 Å². The van der Waals surface area contributed by atoms with Crippen LogP contribution >= 0.6 is 0 Å². The molecule has 1 N–H and O–H groups in total. The third-order valence-corrected chi connectivity index (χ3v) is 4.63. The minimum atomic E-state index is 0.0404. The first-order valence-corrected chi connectivity index (χ1v) is 9.00. The first kappa shape index (κ1) is 17.8. The van der Waals surface area contributed by atoms with Gasteiger partial charge < -0.3 is 15.0 Å². The van der Waals surface area contributed by atoms with Gasteiger partial charge in [0.05, 0.1) is 18.4 Å². The van der Waals surface area contributed by atoms with E-state index < -0.39 is 0 Å². The lowest BCUT2D eigenvalue weighted by Crippen LogP contribution is -2.42. The molecule has 1 saturated heterocycles. The molecule has 1 fully saturated rings. The smallest absolute Gasteiger partial charge is 0.318 e. The van der Waals surface area contributed by atoms with E-state index in [0.717, 1.165) is 36.3 Å². The third kappa shape index (κ3) is 3.62. The molecule has 1 amide bonds. The van der Waals surface area contributed by atoms with Crippen molar-refractivity contribution >= 4 is 17.5 Å². The first-order valence-electron chi connectivity index (χ1n) is 9.00. The predicted molar refractivity (Wildman–Crippen MR) is 105 cm³/mol. The molecule has 8 heteroatoms. The number of amides is 1. The number of aromatic nitrogens is 4. The highest BCUT2D eigenvalue weighted by atomic mass is 16.5. The molecule has 1 aliphatic heterocycles. The number of ether oxygens (including phenoxy) is 1. The monoisotopic (exact) mass is 376 g/mol. The zero-order valence-corrected chi connectivity index (χ0v) is 15.7. The molecule has 1 aliphatic rings. The molecule has 4 rings (SSSR count). The number of aryl methyl sites for hydroxylation is 1. The normalized spacial score (nSPS) is 13.0. The van der Waals surface area contributed by atoms with E-state index in [2.05, 4.69) is 25.3 Å². The second-order valence-corrected chi connectivity index (χ2v) is 6.49. The van der Waals surface area contributed by atoms with Crippen LogP contribution in [-0.2, 0) is 0 Å². The number of nitrogens with zero attached hydrogens (tertiary/aromatic N) is 5. The van der Waals surface area contributed by atoms with Gasteiger partial charge in [0.1, 0.15) is 11.6 Å². The summed E-state index contributed by atoms with van der Waals surface area (Å²) in [6, 6.07) is 7.68. The van der Waals surface area contributed by atoms with E-state index in [9.17, 15) is 4.79 Å². The lowest BCUT2D eigenvalue weighted by Gasteiger charge is -2.31. The van der Waals surface area contributed by atoms with Gasteiger partial charge in [0.25, 0.3) is 5.91 Å². The fraction of sp³-hybridized carbons (Fsp3) is 0.250. The summed E-state index contributed by atoms with van der Waals surface area (Å²) in [6.07, 6.45) is 6.14. The van der Waals surface area contributed by atoms with Crippen LogP contribution in [-0.4, -0.2) is 50.9 Å². The molecule has 3 aromatic rings. The van der Waals surface area contributed by atoms with Crippen LogP contribution in [0.25, 0.3) is 11.1 Å². The Morgan fingerprint density at radius 2 is 1.89 bits per heavy atom. The predicted octanol–water partition coefficient (Wildman–Crippen LogP) is 2.84. The molecule has 4 heterocycles. The van der Waals surface area contributed by atoms with Crippen LogP contribution in [0.15, 0.2) is 42.9 Å². The van der Waals surface area contributed by atoms with Crippen LogP contribution in [0, 0.1) is 6.92 Å². The lowest BCUT2D eigenvalue weighted by molar-refractivity contribution is 0.0650. The van der Waals surface area contributed by atoms with Crippen molar-refractivity contribution in [2.24, 2.45) is 0 Å². The molecule has 0 aliphatic carbocycles. The maximum absolute atomic E-state index is 12.6.